The highest BCUT2D eigenvalue weighted by molar-refractivity contribution is 4.90. The maximum Gasteiger partial charge on any atom is 0.0219 e. The first-order valence-electron chi connectivity index (χ1n) is 7.30. The van der Waals surface area contributed by atoms with E-state index in [1.807, 2.05) is 0 Å². The molecule has 2 aliphatic rings. The van der Waals surface area contributed by atoms with Crippen LogP contribution in [0.2, 0.25) is 0 Å². The topological polar surface area (TPSA) is 38.0 Å². The van der Waals surface area contributed by atoms with Gasteiger partial charge in [0, 0.05) is 12.1 Å². The van der Waals surface area contributed by atoms with Gasteiger partial charge in [0.15, 0.2) is 0 Å². The van der Waals surface area contributed by atoms with Crippen molar-refractivity contribution in [1.29, 1.82) is 0 Å². The van der Waals surface area contributed by atoms with Crippen LogP contribution in [0.25, 0.3) is 0 Å². The van der Waals surface area contributed by atoms with Gasteiger partial charge in [-0.05, 0) is 31.2 Å². The number of nitrogens with one attached hydrogen (secondary N) is 1. The molecular formula is C14H28N2. The molecule has 0 aromatic heterocycles. The standard InChI is InChI=1S/C14H28N2/c1-2-6-14-13(15)9-12(10-16-14)11-7-4-3-5-8-11/h11-14,16H,2-10,15H2,1H3. The van der Waals surface area contributed by atoms with Crippen LogP contribution in [-0.2, 0) is 0 Å². The zero-order valence-corrected chi connectivity index (χ0v) is 10.8. The lowest BCUT2D eigenvalue weighted by atomic mass is 9.74. The second-order valence-electron chi connectivity index (χ2n) is 5.86. The van der Waals surface area contributed by atoms with Crippen LogP contribution in [0.5, 0.6) is 0 Å². The van der Waals surface area contributed by atoms with Crippen molar-refractivity contribution < 1.29 is 0 Å². The van der Waals surface area contributed by atoms with E-state index in [1.165, 1.54) is 57.9 Å². The molecule has 1 saturated carbocycles. The second-order valence-corrected chi connectivity index (χ2v) is 5.86. The normalized spacial score (nSPS) is 37.5. The summed E-state index contributed by atoms with van der Waals surface area (Å²) >= 11 is 0. The van der Waals surface area contributed by atoms with E-state index in [2.05, 4.69) is 12.2 Å². The van der Waals surface area contributed by atoms with Crippen molar-refractivity contribution in [3.05, 3.63) is 0 Å². The van der Waals surface area contributed by atoms with Gasteiger partial charge in [0.2, 0.25) is 0 Å². The summed E-state index contributed by atoms with van der Waals surface area (Å²) in [6, 6.07) is 0.991. The highest BCUT2D eigenvalue weighted by Gasteiger charge is 2.31. The van der Waals surface area contributed by atoms with Gasteiger partial charge in [-0.1, -0.05) is 45.4 Å². The molecule has 0 radical (unpaired) electrons. The first kappa shape index (κ1) is 12.4. The van der Waals surface area contributed by atoms with E-state index >= 15 is 0 Å². The van der Waals surface area contributed by atoms with Gasteiger partial charge in [-0.3, -0.25) is 0 Å². The Hall–Kier alpha value is -0.0800. The largest absolute Gasteiger partial charge is 0.326 e. The second kappa shape index (κ2) is 6.02. The minimum atomic E-state index is 0.403. The van der Waals surface area contributed by atoms with Crippen LogP contribution in [0.15, 0.2) is 0 Å². The predicted molar refractivity (Wildman–Crippen MR) is 69.4 cm³/mol. The number of nitrogens with two attached hydrogens (primary N) is 1. The summed E-state index contributed by atoms with van der Waals surface area (Å²) in [6.07, 6.45) is 11.0. The monoisotopic (exact) mass is 224 g/mol. The Kier molecular flexibility index (Phi) is 4.66. The van der Waals surface area contributed by atoms with E-state index in [1.54, 1.807) is 0 Å². The number of hydrogen-bond donors (Lipinski definition) is 2. The minimum Gasteiger partial charge on any atom is -0.326 e. The Bertz CT molecular complexity index is 199. The van der Waals surface area contributed by atoms with E-state index in [0.717, 1.165) is 11.8 Å². The van der Waals surface area contributed by atoms with Crippen molar-refractivity contribution in [1.82, 2.24) is 5.32 Å². The van der Waals surface area contributed by atoms with Gasteiger partial charge in [-0.25, -0.2) is 0 Å². The Morgan fingerprint density at radius 1 is 1.12 bits per heavy atom. The maximum absolute atomic E-state index is 6.30. The molecule has 0 amide bonds. The van der Waals surface area contributed by atoms with Crippen LogP contribution in [0.3, 0.4) is 0 Å². The molecule has 3 unspecified atom stereocenters. The quantitative estimate of drug-likeness (QED) is 0.773. The average molecular weight is 224 g/mol. The van der Waals surface area contributed by atoms with Crippen LogP contribution in [0, 0.1) is 11.8 Å². The molecule has 0 aromatic rings. The van der Waals surface area contributed by atoms with E-state index in [0.29, 0.717) is 12.1 Å². The number of rotatable bonds is 3. The summed E-state index contributed by atoms with van der Waals surface area (Å²) in [5.74, 6) is 1.83. The van der Waals surface area contributed by atoms with Gasteiger partial charge in [-0.2, -0.15) is 0 Å². The Balaban J connectivity index is 1.81. The molecule has 2 nitrogen and oxygen atoms in total. The lowest BCUT2D eigenvalue weighted by Crippen LogP contribution is -2.54. The molecule has 16 heavy (non-hydrogen) atoms. The van der Waals surface area contributed by atoms with Gasteiger partial charge < -0.3 is 11.1 Å². The molecule has 3 N–H and O–H groups in total. The fourth-order valence-corrected chi connectivity index (χ4v) is 3.64. The van der Waals surface area contributed by atoms with E-state index in [4.69, 9.17) is 5.73 Å². The van der Waals surface area contributed by atoms with Crippen LogP contribution in [0.4, 0.5) is 0 Å². The Morgan fingerprint density at radius 3 is 2.50 bits per heavy atom. The molecule has 2 heteroatoms. The third kappa shape index (κ3) is 2.98. The lowest BCUT2D eigenvalue weighted by molar-refractivity contribution is 0.167. The number of hydrogen-bond acceptors (Lipinski definition) is 2. The third-order valence-corrected chi connectivity index (χ3v) is 4.65. The molecule has 1 aliphatic carbocycles. The average Bonchev–Trinajstić information content (AvgIpc) is 2.33. The van der Waals surface area contributed by atoms with Crippen molar-refractivity contribution in [3.8, 4) is 0 Å². The van der Waals surface area contributed by atoms with E-state index in [-0.39, 0.29) is 0 Å². The molecule has 0 bridgehead atoms. The fraction of sp³-hybridized carbons (Fsp3) is 1.00. The smallest absolute Gasteiger partial charge is 0.0219 e. The Morgan fingerprint density at radius 2 is 1.88 bits per heavy atom. The summed E-state index contributed by atoms with van der Waals surface area (Å²) in [5.41, 5.74) is 6.30. The van der Waals surface area contributed by atoms with Gasteiger partial charge >= 0.3 is 0 Å². The minimum absolute atomic E-state index is 0.403. The molecule has 1 heterocycles. The van der Waals surface area contributed by atoms with E-state index in [9.17, 15) is 0 Å². The molecule has 0 spiro atoms. The van der Waals surface area contributed by atoms with Gasteiger partial charge in [0.05, 0.1) is 0 Å². The van der Waals surface area contributed by atoms with Crippen LogP contribution < -0.4 is 11.1 Å². The zero-order chi connectivity index (χ0) is 11.4. The first-order chi connectivity index (χ1) is 7.81. The van der Waals surface area contributed by atoms with Crippen molar-refractivity contribution in [3.63, 3.8) is 0 Å². The fourth-order valence-electron chi connectivity index (χ4n) is 3.64. The Labute approximate surface area is 100 Å². The van der Waals surface area contributed by atoms with Crippen molar-refractivity contribution in [2.24, 2.45) is 17.6 Å². The molecule has 2 rings (SSSR count). The van der Waals surface area contributed by atoms with Gasteiger partial charge in [-0.15, -0.1) is 0 Å². The maximum atomic E-state index is 6.30. The summed E-state index contributed by atoms with van der Waals surface area (Å²) in [4.78, 5) is 0. The van der Waals surface area contributed by atoms with Gasteiger partial charge in [0.25, 0.3) is 0 Å². The third-order valence-electron chi connectivity index (χ3n) is 4.65. The molecule has 1 saturated heterocycles. The summed E-state index contributed by atoms with van der Waals surface area (Å²) in [7, 11) is 0. The molecule has 1 aliphatic heterocycles. The molecule has 94 valence electrons. The van der Waals surface area contributed by atoms with Crippen molar-refractivity contribution in [2.45, 2.75) is 70.4 Å². The van der Waals surface area contributed by atoms with E-state index < -0.39 is 0 Å². The predicted octanol–water partition coefficient (Wildman–Crippen LogP) is 2.67. The molecule has 2 fully saturated rings. The molecular weight excluding hydrogens is 196 g/mol. The number of piperidine rings is 1. The molecule has 0 aromatic carbocycles. The summed E-state index contributed by atoms with van der Waals surface area (Å²) < 4.78 is 0. The first-order valence-corrected chi connectivity index (χ1v) is 7.30. The van der Waals surface area contributed by atoms with Gasteiger partial charge in [0.1, 0.15) is 0 Å². The summed E-state index contributed by atoms with van der Waals surface area (Å²) in [6.45, 7) is 3.48. The van der Waals surface area contributed by atoms with Crippen LogP contribution in [-0.4, -0.2) is 18.6 Å². The lowest BCUT2D eigenvalue weighted by Gasteiger charge is -2.40. The highest BCUT2D eigenvalue weighted by atomic mass is 15.0. The molecule has 3 atom stereocenters. The van der Waals surface area contributed by atoms with Crippen molar-refractivity contribution in [2.75, 3.05) is 6.54 Å². The van der Waals surface area contributed by atoms with Crippen molar-refractivity contribution >= 4 is 0 Å². The zero-order valence-electron chi connectivity index (χ0n) is 10.8. The van der Waals surface area contributed by atoms with Crippen LogP contribution >= 0.6 is 0 Å². The van der Waals surface area contributed by atoms with Crippen LogP contribution in [0.1, 0.15) is 58.3 Å². The highest BCUT2D eigenvalue weighted by Crippen LogP contribution is 2.34. The summed E-state index contributed by atoms with van der Waals surface area (Å²) in [5, 5.41) is 3.69. The SMILES string of the molecule is CCCC1NCC(C2CCCCC2)CC1N.